The number of nitrogens with zero attached hydrogens (tertiary/aromatic N) is 3. The highest BCUT2D eigenvalue weighted by Gasteiger charge is 2.19. The van der Waals surface area contributed by atoms with Gasteiger partial charge >= 0.3 is 5.97 Å². The lowest BCUT2D eigenvalue weighted by Crippen LogP contribution is -2.06. The number of halogens is 1. The van der Waals surface area contributed by atoms with Crippen LogP contribution in [0.5, 0.6) is 0 Å². The lowest BCUT2D eigenvalue weighted by atomic mass is 10.2. The van der Waals surface area contributed by atoms with Crippen LogP contribution in [0.1, 0.15) is 35.1 Å². The minimum atomic E-state index is -1.04. The van der Waals surface area contributed by atoms with Crippen LogP contribution in [-0.2, 0) is 6.42 Å². The first-order valence-corrected chi connectivity index (χ1v) is 6.78. The third kappa shape index (κ3) is 2.68. The largest absolute Gasteiger partial charge is 0.476 e. The zero-order chi connectivity index (χ0) is 14.0. The van der Waals surface area contributed by atoms with E-state index in [0.717, 1.165) is 22.1 Å². The van der Waals surface area contributed by atoms with Gasteiger partial charge < -0.3 is 5.11 Å². The molecular formula is C13H14BrN3O2. The molecule has 100 valence electrons. The molecule has 1 aromatic heterocycles. The van der Waals surface area contributed by atoms with E-state index in [4.69, 9.17) is 5.11 Å². The standard InChI is InChI=1S/C13H14BrN3O2/c1-3-4-11-12(13(18)19)15-16-17(11)9-6-5-8(2)10(14)7-9/h5-7H,3-4H2,1-2H3,(H,18,19). The molecule has 0 fully saturated rings. The maximum atomic E-state index is 11.1. The number of aromatic carboxylic acids is 1. The average Bonchev–Trinajstić information content (AvgIpc) is 2.77. The zero-order valence-electron chi connectivity index (χ0n) is 10.7. The molecule has 19 heavy (non-hydrogen) atoms. The van der Waals surface area contributed by atoms with E-state index in [2.05, 4.69) is 26.2 Å². The van der Waals surface area contributed by atoms with Crippen LogP contribution in [0.4, 0.5) is 0 Å². The van der Waals surface area contributed by atoms with E-state index in [0.29, 0.717) is 12.1 Å². The Kier molecular flexibility index (Phi) is 3.99. The molecular weight excluding hydrogens is 310 g/mol. The molecule has 1 aromatic carbocycles. The molecule has 0 atom stereocenters. The molecule has 5 nitrogen and oxygen atoms in total. The van der Waals surface area contributed by atoms with Crippen LogP contribution >= 0.6 is 15.9 Å². The van der Waals surface area contributed by atoms with E-state index < -0.39 is 5.97 Å². The number of aryl methyl sites for hydroxylation is 1. The Hall–Kier alpha value is -1.69. The van der Waals surface area contributed by atoms with Crippen molar-refractivity contribution in [3.8, 4) is 5.69 Å². The van der Waals surface area contributed by atoms with Gasteiger partial charge in [-0.05, 0) is 31.0 Å². The molecule has 0 aliphatic rings. The summed E-state index contributed by atoms with van der Waals surface area (Å²) in [5.41, 5.74) is 2.57. The summed E-state index contributed by atoms with van der Waals surface area (Å²) in [6.07, 6.45) is 1.46. The highest BCUT2D eigenvalue weighted by Crippen LogP contribution is 2.22. The second kappa shape index (κ2) is 5.52. The van der Waals surface area contributed by atoms with Gasteiger partial charge in [0, 0.05) is 4.47 Å². The fourth-order valence-electron chi connectivity index (χ4n) is 1.85. The Morgan fingerprint density at radius 2 is 2.21 bits per heavy atom. The van der Waals surface area contributed by atoms with Crippen LogP contribution in [0, 0.1) is 6.92 Å². The van der Waals surface area contributed by atoms with E-state index in [1.54, 1.807) is 4.68 Å². The molecule has 0 saturated heterocycles. The highest BCUT2D eigenvalue weighted by atomic mass is 79.9. The van der Waals surface area contributed by atoms with Gasteiger partial charge in [0.2, 0.25) is 0 Å². The Bertz CT molecular complexity index is 622. The van der Waals surface area contributed by atoms with Gasteiger partial charge in [-0.2, -0.15) is 0 Å². The number of hydrogen-bond donors (Lipinski definition) is 1. The molecule has 6 heteroatoms. The maximum Gasteiger partial charge on any atom is 0.358 e. The van der Waals surface area contributed by atoms with E-state index in [-0.39, 0.29) is 5.69 Å². The molecule has 0 radical (unpaired) electrons. The number of carboxylic acid groups (broad SMARTS) is 1. The zero-order valence-corrected chi connectivity index (χ0v) is 12.3. The normalized spacial score (nSPS) is 10.7. The van der Waals surface area contributed by atoms with Crippen molar-refractivity contribution in [2.45, 2.75) is 26.7 Å². The Labute approximate surface area is 119 Å². The fraction of sp³-hybridized carbons (Fsp3) is 0.308. The monoisotopic (exact) mass is 323 g/mol. The second-order valence-corrected chi connectivity index (χ2v) is 5.14. The first kappa shape index (κ1) is 13.7. The minimum Gasteiger partial charge on any atom is -0.476 e. The molecule has 2 aromatic rings. The van der Waals surface area contributed by atoms with Crippen molar-refractivity contribution >= 4 is 21.9 Å². The van der Waals surface area contributed by atoms with Crippen molar-refractivity contribution < 1.29 is 9.90 Å². The summed E-state index contributed by atoms with van der Waals surface area (Å²) < 4.78 is 2.55. The summed E-state index contributed by atoms with van der Waals surface area (Å²) in [4.78, 5) is 11.1. The molecule has 0 aliphatic heterocycles. The summed E-state index contributed by atoms with van der Waals surface area (Å²) in [6, 6.07) is 5.77. The average molecular weight is 324 g/mol. The summed E-state index contributed by atoms with van der Waals surface area (Å²) in [5.74, 6) is -1.04. The predicted molar refractivity (Wildman–Crippen MR) is 74.8 cm³/mol. The quantitative estimate of drug-likeness (QED) is 0.939. The minimum absolute atomic E-state index is 0.0264. The number of aromatic nitrogens is 3. The third-order valence-electron chi connectivity index (χ3n) is 2.85. The molecule has 0 amide bonds. The third-order valence-corrected chi connectivity index (χ3v) is 3.71. The summed E-state index contributed by atoms with van der Waals surface area (Å²) in [5, 5.41) is 16.8. The molecule has 2 rings (SSSR count). The van der Waals surface area contributed by atoms with Crippen molar-refractivity contribution in [1.82, 2.24) is 15.0 Å². The maximum absolute atomic E-state index is 11.1. The van der Waals surface area contributed by atoms with Gasteiger partial charge in [0.15, 0.2) is 5.69 Å². The van der Waals surface area contributed by atoms with Gasteiger partial charge in [-0.25, -0.2) is 9.48 Å². The predicted octanol–water partition coefficient (Wildman–Crippen LogP) is 2.99. The van der Waals surface area contributed by atoms with Crippen molar-refractivity contribution in [2.24, 2.45) is 0 Å². The number of carboxylic acids is 1. The number of benzene rings is 1. The summed E-state index contributed by atoms with van der Waals surface area (Å²) >= 11 is 3.46. The van der Waals surface area contributed by atoms with Crippen molar-refractivity contribution in [3.05, 3.63) is 39.6 Å². The Balaban J connectivity index is 2.55. The number of hydrogen-bond acceptors (Lipinski definition) is 3. The van der Waals surface area contributed by atoms with Crippen LogP contribution in [0.25, 0.3) is 5.69 Å². The molecule has 0 saturated carbocycles. The highest BCUT2D eigenvalue weighted by molar-refractivity contribution is 9.10. The van der Waals surface area contributed by atoms with E-state index >= 15 is 0 Å². The van der Waals surface area contributed by atoms with Gasteiger partial charge in [-0.1, -0.05) is 40.6 Å². The van der Waals surface area contributed by atoms with Crippen LogP contribution in [0.15, 0.2) is 22.7 Å². The van der Waals surface area contributed by atoms with Gasteiger partial charge in [0.05, 0.1) is 11.4 Å². The Morgan fingerprint density at radius 3 is 2.79 bits per heavy atom. The van der Waals surface area contributed by atoms with Gasteiger partial charge in [0.25, 0.3) is 0 Å². The van der Waals surface area contributed by atoms with Gasteiger partial charge in [-0.3, -0.25) is 0 Å². The van der Waals surface area contributed by atoms with E-state index in [1.807, 2.05) is 32.0 Å². The van der Waals surface area contributed by atoms with Crippen molar-refractivity contribution in [1.29, 1.82) is 0 Å². The molecule has 1 N–H and O–H groups in total. The van der Waals surface area contributed by atoms with Gasteiger partial charge in [0.1, 0.15) is 0 Å². The van der Waals surface area contributed by atoms with Crippen molar-refractivity contribution in [2.75, 3.05) is 0 Å². The van der Waals surface area contributed by atoms with Crippen LogP contribution in [0.2, 0.25) is 0 Å². The molecule has 0 unspecified atom stereocenters. The Morgan fingerprint density at radius 1 is 1.47 bits per heavy atom. The van der Waals surface area contributed by atoms with E-state index in [1.165, 1.54) is 0 Å². The van der Waals surface area contributed by atoms with Gasteiger partial charge in [-0.15, -0.1) is 5.10 Å². The molecule has 0 aliphatic carbocycles. The molecule has 1 heterocycles. The van der Waals surface area contributed by atoms with Crippen LogP contribution in [0.3, 0.4) is 0 Å². The smallest absolute Gasteiger partial charge is 0.358 e. The van der Waals surface area contributed by atoms with Crippen molar-refractivity contribution in [3.63, 3.8) is 0 Å². The summed E-state index contributed by atoms with van der Waals surface area (Å²) in [7, 11) is 0. The SMILES string of the molecule is CCCc1c(C(=O)O)nnn1-c1ccc(C)c(Br)c1. The second-order valence-electron chi connectivity index (χ2n) is 4.29. The lowest BCUT2D eigenvalue weighted by molar-refractivity contribution is 0.0689. The first-order valence-electron chi connectivity index (χ1n) is 5.99. The lowest BCUT2D eigenvalue weighted by Gasteiger charge is -2.07. The summed E-state index contributed by atoms with van der Waals surface area (Å²) in [6.45, 7) is 3.98. The van der Waals surface area contributed by atoms with E-state index in [9.17, 15) is 4.79 Å². The number of carbonyl (C=O) groups is 1. The van der Waals surface area contributed by atoms with Crippen LogP contribution < -0.4 is 0 Å². The number of rotatable bonds is 4. The fourth-order valence-corrected chi connectivity index (χ4v) is 2.22. The topological polar surface area (TPSA) is 68.0 Å². The molecule has 0 bridgehead atoms. The first-order chi connectivity index (χ1) is 9.04. The molecule has 0 spiro atoms. The van der Waals surface area contributed by atoms with Crippen LogP contribution in [-0.4, -0.2) is 26.1 Å².